The van der Waals surface area contributed by atoms with Crippen molar-refractivity contribution in [3.8, 4) is 11.4 Å². The van der Waals surface area contributed by atoms with Gasteiger partial charge in [0, 0.05) is 48.1 Å². The van der Waals surface area contributed by atoms with Crippen LogP contribution in [0.25, 0.3) is 5.69 Å². The molecule has 45 heavy (non-hydrogen) atoms. The van der Waals surface area contributed by atoms with E-state index in [0.717, 1.165) is 53.5 Å². The van der Waals surface area contributed by atoms with Crippen LogP contribution in [-0.2, 0) is 26.6 Å². The van der Waals surface area contributed by atoms with Gasteiger partial charge in [0.2, 0.25) is 0 Å². The van der Waals surface area contributed by atoms with Crippen LogP contribution in [0, 0.1) is 0 Å². The number of hydrogen-bond acceptors (Lipinski definition) is 8. The van der Waals surface area contributed by atoms with E-state index in [-0.39, 0.29) is 24.8 Å². The predicted octanol–water partition coefficient (Wildman–Crippen LogP) is 4.81. The van der Waals surface area contributed by atoms with Gasteiger partial charge in [-0.2, -0.15) is 5.10 Å². The first-order valence-corrected chi connectivity index (χ1v) is 15.4. The molecule has 2 unspecified atom stereocenters. The smallest absolute Gasteiger partial charge is 0.350 e. The summed E-state index contributed by atoms with van der Waals surface area (Å²) in [7, 11) is 0. The van der Waals surface area contributed by atoms with E-state index in [1.54, 1.807) is 12.1 Å². The largest absolute Gasteiger partial charge is 0.491 e. The lowest BCUT2D eigenvalue weighted by Gasteiger charge is -2.37. The number of nitrogens with zero attached hydrogens (tertiary/aromatic N) is 5. The molecular weight excluding hydrogens is 621 g/mol. The second kappa shape index (κ2) is 13.1. The average Bonchev–Trinajstić information content (AvgIpc) is 3.61. The molecule has 2 fully saturated rings. The van der Waals surface area contributed by atoms with Gasteiger partial charge >= 0.3 is 11.7 Å². The number of hydrogen-bond donors (Lipinski definition) is 1. The summed E-state index contributed by atoms with van der Waals surface area (Å²) in [5.41, 5.74) is 3.24. The summed E-state index contributed by atoms with van der Waals surface area (Å²) in [5.74, 6) is -1.18. The van der Waals surface area contributed by atoms with E-state index in [1.165, 1.54) is 10.9 Å². The highest BCUT2D eigenvalue weighted by Gasteiger charge is 2.40. The van der Waals surface area contributed by atoms with Crippen molar-refractivity contribution in [3.63, 3.8) is 0 Å². The van der Waals surface area contributed by atoms with E-state index in [9.17, 15) is 9.59 Å². The molecular formula is C32H33Cl2N5O6. The zero-order valence-corrected chi connectivity index (χ0v) is 26.2. The molecule has 0 radical (unpaired) electrons. The minimum absolute atomic E-state index is 0.0333. The van der Waals surface area contributed by atoms with Gasteiger partial charge in [-0.25, -0.2) is 14.0 Å². The molecule has 236 valence electrons. The Morgan fingerprint density at radius 2 is 1.60 bits per heavy atom. The minimum atomic E-state index is -0.973. The third-order valence-electron chi connectivity index (χ3n) is 8.04. The first-order chi connectivity index (χ1) is 21.7. The van der Waals surface area contributed by atoms with Gasteiger partial charge in [0.15, 0.2) is 5.79 Å². The molecule has 0 saturated carbocycles. The highest BCUT2D eigenvalue weighted by atomic mass is 35.5. The van der Waals surface area contributed by atoms with Crippen molar-refractivity contribution in [2.24, 2.45) is 0 Å². The maximum atomic E-state index is 12.6. The second-order valence-corrected chi connectivity index (χ2v) is 11.9. The Kier molecular flexibility index (Phi) is 9.04. The topological polar surface area (TPSA) is 111 Å². The highest BCUT2D eigenvalue weighted by molar-refractivity contribution is 6.35. The van der Waals surface area contributed by atoms with Crippen molar-refractivity contribution < 1.29 is 24.1 Å². The number of carboxylic acids is 1. The molecule has 0 amide bonds. The Balaban J connectivity index is 0.982. The Morgan fingerprint density at radius 3 is 2.22 bits per heavy atom. The number of rotatable bonds is 10. The lowest BCUT2D eigenvalue weighted by atomic mass is 10.1. The number of carbonyl (C=O) groups is 1. The number of anilines is 2. The van der Waals surface area contributed by atoms with Gasteiger partial charge in [0.05, 0.1) is 30.3 Å². The number of aromatic nitrogens is 3. The van der Waals surface area contributed by atoms with Crippen LogP contribution in [0.2, 0.25) is 10.0 Å². The Bertz CT molecular complexity index is 1700. The van der Waals surface area contributed by atoms with Crippen LogP contribution in [0.4, 0.5) is 11.4 Å². The average molecular weight is 655 g/mol. The maximum Gasteiger partial charge on any atom is 0.350 e. The van der Waals surface area contributed by atoms with E-state index >= 15 is 0 Å². The molecule has 0 spiro atoms. The van der Waals surface area contributed by atoms with Crippen LogP contribution in [0.3, 0.4) is 0 Å². The van der Waals surface area contributed by atoms with Crippen LogP contribution in [0.15, 0.2) is 77.9 Å². The summed E-state index contributed by atoms with van der Waals surface area (Å²) in [4.78, 5) is 28.0. The van der Waals surface area contributed by atoms with Crippen molar-refractivity contribution in [1.29, 1.82) is 0 Å². The van der Waals surface area contributed by atoms with Crippen LogP contribution in [-0.4, -0.2) is 70.9 Å². The minimum Gasteiger partial charge on any atom is -0.491 e. The quantitative estimate of drug-likeness (QED) is 0.258. The normalized spacial score (nSPS) is 20.0. The van der Waals surface area contributed by atoms with Gasteiger partial charge in [-0.3, -0.25) is 4.79 Å². The molecule has 1 aromatic heterocycles. The lowest BCUT2D eigenvalue weighted by Crippen LogP contribution is -2.46. The third-order valence-corrected chi connectivity index (χ3v) is 8.59. The number of piperazine rings is 1. The van der Waals surface area contributed by atoms with E-state index in [2.05, 4.69) is 27.0 Å². The number of aryl methyl sites for hydroxylation is 1. The first-order valence-electron chi connectivity index (χ1n) is 14.7. The van der Waals surface area contributed by atoms with E-state index in [0.29, 0.717) is 28.9 Å². The lowest BCUT2D eigenvalue weighted by molar-refractivity contribution is -0.164. The SMILES string of the molecule is CC1(c2ccc(Cl)cc2Cl)OCC(COc2ccc(N3CCN(c4ccc(-n5cnn(CCC(=O)O)c5=O)cc4)CC3)cc2)O1. The van der Waals surface area contributed by atoms with Gasteiger partial charge in [0.1, 0.15) is 24.8 Å². The van der Waals surface area contributed by atoms with Crippen molar-refractivity contribution in [3.05, 3.63) is 99.2 Å². The molecule has 13 heteroatoms. The monoisotopic (exact) mass is 653 g/mol. The molecule has 3 heterocycles. The molecule has 2 atom stereocenters. The molecule has 6 rings (SSSR count). The molecule has 11 nitrogen and oxygen atoms in total. The fraction of sp³-hybridized carbons (Fsp3) is 0.344. The van der Waals surface area contributed by atoms with E-state index < -0.39 is 11.8 Å². The number of ether oxygens (including phenoxy) is 3. The zero-order chi connectivity index (χ0) is 31.6. The van der Waals surface area contributed by atoms with Crippen LogP contribution < -0.4 is 20.2 Å². The standard InChI is InChI=1S/C32H33Cl2N5O6/c1-32(28-11-2-22(33)18-29(28)34)44-20-27(45-32)19-43-26-9-7-24(8-10-26)37-16-14-36(15-17-37)23-3-5-25(6-4-23)38-21-35-39(31(38)42)13-12-30(40)41/h2-11,18,21,27H,12-17,19-20H2,1H3,(H,40,41). The van der Waals surface area contributed by atoms with Crippen molar-refractivity contribution in [2.45, 2.75) is 31.8 Å². The van der Waals surface area contributed by atoms with Gasteiger partial charge in [0.25, 0.3) is 0 Å². The molecule has 1 N–H and O–H groups in total. The summed E-state index contributed by atoms with van der Waals surface area (Å²) in [6, 6.07) is 21.1. The predicted molar refractivity (Wildman–Crippen MR) is 171 cm³/mol. The van der Waals surface area contributed by atoms with Gasteiger partial charge in [-0.05, 0) is 67.6 Å². The fourth-order valence-electron chi connectivity index (χ4n) is 5.58. The van der Waals surface area contributed by atoms with Gasteiger partial charge < -0.3 is 29.1 Å². The Labute approximate surface area is 270 Å². The maximum absolute atomic E-state index is 12.6. The Hall–Kier alpha value is -4.03. The van der Waals surface area contributed by atoms with Crippen LogP contribution in [0.1, 0.15) is 18.9 Å². The molecule has 4 aromatic rings. The first kappa shape index (κ1) is 31.0. The summed E-state index contributed by atoms with van der Waals surface area (Å²) < 4.78 is 20.7. The van der Waals surface area contributed by atoms with E-state index in [1.807, 2.05) is 49.4 Å². The van der Waals surface area contributed by atoms with E-state index in [4.69, 9.17) is 42.5 Å². The molecule has 3 aromatic carbocycles. The molecule has 2 aliphatic heterocycles. The Morgan fingerprint density at radius 1 is 0.978 bits per heavy atom. The summed E-state index contributed by atoms with van der Waals surface area (Å²) in [5, 5.41) is 13.9. The number of benzene rings is 3. The van der Waals surface area contributed by atoms with Gasteiger partial charge in [-0.1, -0.05) is 29.3 Å². The third kappa shape index (κ3) is 6.96. The number of aliphatic carboxylic acids is 1. The highest BCUT2D eigenvalue weighted by Crippen LogP contribution is 2.38. The molecule has 2 aliphatic rings. The molecule has 2 saturated heterocycles. The second-order valence-electron chi connectivity index (χ2n) is 11.1. The van der Waals surface area contributed by atoms with Crippen LogP contribution in [0.5, 0.6) is 5.75 Å². The summed E-state index contributed by atoms with van der Waals surface area (Å²) >= 11 is 12.4. The zero-order valence-electron chi connectivity index (χ0n) is 24.6. The molecule has 0 aliphatic carbocycles. The van der Waals surface area contributed by atoms with Gasteiger partial charge in [-0.15, -0.1) is 0 Å². The molecule has 0 bridgehead atoms. The van der Waals surface area contributed by atoms with Crippen molar-refractivity contribution >= 4 is 40.5 Å². The fourth-order valence-corrected chi connectivity index (χ4v) is 6.16. The van der Waals surface area contributed by atoms with Crippen molar-refractivity contribution in [2.75, 3.05) is 49.2 Å². The summed E-state index contributed by atoms with van der Waals surface area (Å²) in [6.07, 6.45) is 1.01. The number of carboxylic acid groups (broad SMARTS) is 1. The van der Waals surface area contributed by atoms with Crippen molar-refractivity contribution in [1.82, 2.24) is 14.3 Å². The number of halogens is 2. The van der Waals surface area contributed by atoms with Crippen LogP contribution >= 0.6 is 23.2 Å². The summed E-state index contributed by atoms with van der Waals surface area (Å²) in [6.45, 7) is 6.02.